The van der Waals surface area contributed by atoms with Crippen LogP contribution in [0.1, 0.15) is 21.7 Å². The molecule has 110 valence electrons. The van der Waals surface area contributed by atoms with Crippen molar-refractivity contribution in [1.82, 2.24) is 0 Å². The fraction of sp³-hybridized carbons (Fsp3) is 0.176. The third kappa shape index (κ3) is 2.49. The van der Waals surface area contributed by atoms with E-state index in [-0.39, 0.29) is 12.2 Å². The van der Waals surface area contributed by atoms with Crippen LogP contribution in [0.2, 0.25) is 0 Å². The topological polar surface area (TPSA) is 52.6 Å². The van der Waals surface area contributed by atoms with Gasteiger partial charge in [-0.25, -0.2) is 4.79 Å². The first-order valence-electron chi connectivity index (χ1n) is 6.61. The molecular weight excluding hydrogens is 300 g/mol. The van der Waals surface area contributed by atoms with Crippen molar-refractivity contribution in [3.05, 3.63) is 52.2 Å². The normalized spacial score (nSPS) is 19.4. The zero-order valence-electron chi connectivity index (χ0n) is 11.8. The lowest BCUT2D eigenvalue weighted by Crippen LogP contribution is -2.48. The molecule has 2 aromatic rings. The number of hydrogen-bond donors (Lipinski definition) is 0. The third-order valence-corrected chi connectivity index (χ3v) is 4.09. The first kappa shape index (κ1) is 14.4. The molecule has 1 aromatic heterocycles. The summed E-state index contributed by atoms with van der Waals surface area (Å²) in [7, 11) is 1.26. The molecule has 2 heterocycles. The van der Waals surface area contributed by atoms with Crippen LogP contribution in [0.15, 0.2) is 41.8 Å². The largest absolute Gasteiger partial charge is 0.465 e. The molecule has 3 rings (SSSR count). The highest BCUT2D eigenvalue weighted by atomic mass is 32.1. The van der Waals surface area contributed by atoms with Crippen molar-refractivity contribution in [2.75, 3.05) is 7.11 Å². The summed E-state index contributed by atoms with van der Waals surface area (Å²) < 4.78 is 10.6. The highest BCUT2D eigenvalue weighted by Gasteiger charge is 2.47. The molecule has 0 bridgehead atoms. The molecule has 4 nitrogen and oxygen atoms in total. The Labute approximate surface area is 131 Å². The highest BCUT2D eigenvalue weighted by molar-refractivity contribution is 7.10. The van der Waals surface area contributed by atoms with E-state index in [1.807, 2.05) is 17.5 Å². The monoisotopic (exact) mass is 312 g/mol. The molecular formula is C17H12O4S. The molecule has 0 fully saturated rings. The summed E-state index contributed by atoms with van der Waals surface area (Å²) in [4.78, 5) is 25.3. The molecule has 1 aliphatic heterocycles. The number of para-hydroxylation sites is 1. The first-order valence-corrected chi connectivity index (χ1v) is 7.49. The fourth-order valence-corrected chi connectivity index (χ4v) is 2.81. The van der Waals surface area contributed by atoms with Gasteiger partial charge in [-0.15, -0.1) is 11.3 Å². The van der Waals surface area contributed by atoms with Crippen LogP contribution < -0.4 is 4.74 Å². The molecule has 1 atom stereocenters. The van der Waals surface area contributed by atoms with Gasteiger partial charge in [0.1, 0.15) is 5.75 Å². The second-order valence-corrected chi connectivity index (χ2v) is 5.69. The molecule has 0 spiro atoms. The summed E-state index contributed by atoms with van der Waals surface area (Å²) in [5, 5.41) is 1.89. The fourth-order valence-electron chi connectivity index (χ4n) is 2.24. The Kier molecular flexibility index (Phi) is 3.70. The van der Waals surface area contributed by atoms with Crippen molar-refractivity contribution < 1.29 is 19.1 Å². The maximum atomic E-state index is 12.3. The molecule has 0 aliphatic carbocycles. The minimum absolute atomic E-state index is 0.158. The summed E-state index contributed by atoms with van der Waals surface area (Å²) in [6.45, 7) is 0. The molecule has 0 radical (unpaired) electrons. The average Bonchev–Trinajstić information content (AvgIpc) is 3.05. The van der Waals surface area contributed by atoms with Crippen LogP contribution in [-0.4, -0.2) is 24.5 Å². The van der Waals surface area contributed by atoms with Gasteiger partial charge < -0.3 is 9.47 Å². The van der Waals surface area contributed by atoms with Gasteiger partial charge in [0, 0.05) is 0 Å². The van der Waals surface area contributed by atoms with E-state index in [9.17, 15) is 9.59 Å². The van der Waals surface area contributed by atoms with Crippen molar-refractivity contribution >= 4 is 23.1 Å². The van der Waals surface area contributed by atoms with E-state index in [4.69, 9.17) is 9.47 Å². The zero-order valence-corrected chi connectivity index (χ0v) is 12.6. The average molecular weight is 312 g/mol. The van der Waals surface area contributed by atoms with Gasteiger partial charge in [-0.3, -0.25) is 4.79 Å². The molecule has 0 N–H and O–H groups in total. The Morgan fingerprint density at radius 2 is 2.14 bits per heavy atom. The van der Waals surface area contributed by atoms with E-state index in [1.54, 1.807) is 24.3 Å². The molecule has 0 amide bonds. The van der Waals surface area contributed by atoms with Gasteiger partial charge in [0.15, 0.2) is 5.78 Å². The maximum Gasteiger partial charge on any atom is 0.363 e. The predicted octanol–water partition coefficient (Wildman–Crippen LogP) is 2.68. The second-order valence-electron chi connectivity index (χ2n) is 4.74. The number of fused-ring (bicyclic) bond motifs is 1. The lowest BCUT2D eigenvalue weighted by Gasteiger charge is -2.31. The van der Waals surface area contributed by atoms with E-state index in [0.29, 0.717) is 11.3 Å². The first-order chi connectivity index (χ1) is 10.6. The minimum atomic E-state index is -1.59. The number of thiophene rings is 1. The van der Waals surface area contributed by atoms with Crippen molar-refractivity contribution in [2.24, 2.45) is 0 Å². The lowest BCUT2D eigenvalue weighted by atomic mass is 9.90. The Hall–Kier alpha value is -2.58. The quantitative estimate of drug-likeness (QED) is 0.600. The van der Waals surface area contributed by atoms with Crippen LogP contribution in [0.4, 0.5) is 0 Å². The van der Waals surface area contributed by atoms with Crippen LogP contribution in [0.25, 0.3) is 0 Å². The summed E-state index contributed by atoms with van der Waals surface area (Å²) in [6.07, 6.45) is -0.158. The number of ether oxygens (including phenoxy) is 2. The van der Waals surface area contributed by atoms with Crippen molar-refractivity contribution in [3.63, 3.8) is 0 Å². The van der Waals surface area contributed by atoms with Crippen LogP contribution in [-0.2, 0) is 9.53 Å². The van der Waals surface area contributed by atoms with Crippen molar-refractivity contribution in [2.45, 2.75) is 12.0 Å². The summed E-state index contributed by atoms with van der Waals surface area (Å²) in [5.74, 6) is 5.19. The van der Waals surface area contributed by atoms with Gasteiger partial charge in [0.05, 0.1) is 24.0 Å². The standard InChI is InChI=1S/C17H12O4S/c1-20-16(19)17(9-8-12-5-4-10-22-12)11-14(18)13-6-2-3-7-15(13)21-17/h2-7,10H,11H2,1H3/t17-/m0/s1. The lowest BCUT2D eigenvalue weighted by molar-refractivity contribution is -0.154. The Morgan fingerprint density at radius 3 is 2.86 bits per heavy atom. The van der Waals surface area contributed by atoms with Gasteiger partial charge in [-0.2, -0.15) is 0 Å². The number of hydrogen-bond acceptors (Lipinski definition) is 5. The van der Waals surface area contributed by atoms with E-state index in [0.717, 1.165) is 4.88 Å². The molecule has 22 heavy (non-hydrogen) atoms. The van der Waals surface area contributed by atoms with Crippen molar-refractivity contribution in [1.29, 1.82) is 0 Å². The minimum Gasteiger partial charge on any atom is -0.465 e. The molecule has 0 unspecified atom stereocenters. The molecule has 1 aromatic carbocycles. The van der Waals surface area contributed by atoms with Gasteiger partial charge in [-0.1, -0.05) is 24.1 Å². The van der Waals surface area contributed by atoms with Gasteiger partial charge in [-0.05, 0) is 29.5 Å². The molecule has 1 aliphatic rings. The molecule has 5 heteroatoms. The smallest absolute Gasteiger partial charge is 0.363 e. The number of benzene rings is 1. The SMILES string of the molecule is COC(=O)[C@]1(C#Cc2cccs2)CC(=O)c2ccccc2O1. The third-order valence-electron chi connectivity index (χ3n) is 3.31. The van der Waals surface area contributed by atoms with Crippen LogP contribution in [0.5, 0.6) is 5.75 Å². The second kappa shape index (κ2) is 5.66. The number of rotatable bonds is 1. The Balaban J connectivity index is 2.06. The van der Waals surface area contributed by atoms with Crippen molar-refractivity contribution in [3.8, 4) is 17.6 Å². The van der Waals surface area contributed by atoms with Gasteiger partial charge in [0.25, 0.3) is 5.60 Å². The number of methoxy groups -OCH3 is 1. The zero-order chi connectivity index (χ0) is 15.6. The highest BCUT2D eigenvalue weighted by Crippen LogP contribution is 2.33. The van der Waals surface area contributed by atoms with Crippen LogP contribution in [0.3, 0.4) is 0 Å². The Bertz CT molecular complexity index is 782. The van der Waals surface area contributed by atoms with Gasteiger partial charge >= 0.3 is 5.97 Å². The van der Waals surface area contributed by atoms with E-state index >= 15 is 0 Å². The molecule has 0 saturated carbocycles. The Morgan fingerprint density at radius 1 is 1.32 bits per heavy atom. The summed E-state index contributed by atoms with van der Waals surface area (Å²) in [6, 6.07) is 10.5. The number of esters is 1. The van der Waals surface area contributed by atoms with Gasteiger partial charge in [0.2, 0.25) is 0 Å². The summed E-state index contributed by atoms with van der Waals surface area (Å²) >= 11 is 1.45. The van der Waals surface area contributed by atoms with E-state index in [2.05, 4.69) is 11.8 Å². The number of carbonyl (C=O) groups is 2. The summed E-state index contributed by atoms with van der Waals surface area (Å²) in [5.41, 5.74) is -1.13. The molecule has 0 saturated heterocycles. The van der Waals surface area contributed by atoms with Crippen LogP contribution in [0, 0.1) is 11.8 Å². The van der Waals surface area contributed by atoms with E-state index in [1.165, 1.54) is 18.4 Å². The van der Waals surface area contributed by atoms with E-state index < -0.39 is 11.6 Å². The number of carbonyl (C=O) groups excluding carboxylic acids is 2. The number of ketones is 1. The number of Topliss-reactive ketones (excluding diaryl/α,β-unsaturated/α-hetero) is 1. The van der Waals surface area contributed by atoms with Crippen LogP contribution >= 0.6 is 11.3 Å². The maximum absolute atomic E-state index is 12.3. The predicted molar refractivity (Wildman–Crippen MR) is 82.0 cm³/mol.